The summed E-state index contributed by atoms with van der Waals surface area (Å²) in [5, 5.41) is 0. The number of aryl methyl sites for hydroxylation is 1. The fourth-order valence-corrected chi connectivity index (χ4v) is 3.80. The minimum absolute atomic E-state index is 0.00296. The fourth-order valence-electron chi connectivity index (χ4n) is 3.80. The van der Waals surface area contributed by atoms with Crippen molar-refractivity contribution < 1.29 is 9.53 Å². The van der Waals surface area contributed by atoms with E-state index in [2.05, 4.69) is 37.5 Å². The highest BCUT2D eigenvalue weighted by molar-refractivity contribution is 5.99. The molecular formula is C23H23NO2. The van der Waals surface area contributed by atoms with Crippen molar-refractivity contribution in [3.05, 3.63) is 77.6 Å². The molecule has 0 atom stereocenters. The van der Waals surface area contributed by atoms with E-state index in [9.17, 15) is 4.79 Å². The molecule has 0 saturated carbocycles. The zero-order valence-electron chi connectivity index (χ0n) is 15.5. The topological polar surface area (TPSA) is 31.2 Å². The summed E-state index contributed by atoms with van der Waals surface area (Å²) in [6.45, 7) is 6.39. The number of benzene rings is 2. The van der Waals surface area contributed by atoms with Crippen LogP contribution in [0.3, 0.4) is 0 Å². The van der Waals surface area contributed by atoms with Gasteiger partial charge in [0.1, 0.15) is 11.5 Å². The molecule has 0 aliphatic heterocycles. The molecule has 1 aromatic heterocycles. The molecule has 0 saturated heterocycles. The molecule has 3 aromatic rings. The average molecular weight is 345 g/mol. The van der Waals surface area contributed by atoms with E-state index in [0.29, 0.717) is 6.42 Å². The number of ketones is 1. The van der Waals surface area contributed by atoms with Gasteiger partial charge in [-0.05, 0) is 61.2 Å². The maximum atomic E-state index is 12.5. The van der Waals surface area contributed by atoms with Gasteiger partial charge in [-0.15, -0.1) is 0 Å². The van der Waals surface area contributed by atoms with Gasteiger partial charge in [0.25, 0.3) is 0 Å². The second-order valence-electron chi connectivity index (χ2n) is 7.83. The normalized spacial score (nSPS) is 15.6. The van der Waals surface area contributed by atoms with Crippen LogP contribution in [0.2, 0.25) is 0 Å². The Morgan fingerprint density at radius 2 is 1.58 bits per heavy atom. The Morgan fingerprint density at radius 1 is 0.923 bits per heavy atom. The van der Waals surface area contributed by atoms with Crippen LogP contribution in [0.25, 0.3) is 5.69 Å². The SMILES string of the molecule is Cc1cc2c(n1-c1ccc(Oc3ccccc3)cc1)CC(C)(C)CC2=O. The maximum Gasteiger partial charge on any atom is 0.165 e. The van der Waals surface area contributed by atoms with Crippen LogP contribution in [0.15, 0.2) is 60.7 Å². The van der Waals surface area contributed by atoms with Gasteiger partial charge in [0.05, 0.1) is 0 Å². The van der Waals surface area contributed by atoms with Crippen LogP contribution in [-0.2, 0) is 6.42 Å². The van der Waals surface area contributed by atoms with Crippen LogP contribution in [0, 0.1) is 12.3 Å². The zero-order chi connectivity index (χ0) is 18.3. The number of para-hydroxylation sites is 1. The number of carbonyl (C=O) groups is 1. The van der Waals surface area contributed by atoms with Crippen LogP contribution < -0.4 is 4.74 Å². The number of nitrogens with zero attached hydrogens (tertiary/aromatic N) is 1. The van der Waals surface area contributed by atoms with Crippen molar-refractivity contribution in [1.82, 2.24) is 4.57 Å². The van der Waals surface area contributed by atoms with E-state index in [-0.39, 0.29) is 11.2 Å². The van der Waals surface area contributed by atoms with Gasteiger partial charge in [-0.25, -0.2) is 0 Å². The summed E-state index contributed by atoms with van der Waals surface area (Å²) < 4.78 is 8.09. The molecule has 1 heterocycles. The maximum absolute atomic E-state index is 12.5. The second kappa shape index (κ2) is 6.17. The lowest BCUT2D eigenvalue weighted by molar-refractivity contribution is 0.0911. The Labute approximate surface area is 154 Å². The monoisotopic (exact) mass is 345 g/mol. The molecule has 0 spiro atoms. The number of fused-ring (bicyclic) bond motifs is 1. The third-order valence-electron chi connectivity index (χ3n) is 4.95. The highest BCUT2D eigenvalue weighted by atomic mass is 16.5. The standard InChI is InChI=1S/C23H23NO2/c1-16-13-20-21(14-23(2,3)15-22(20)25)24(16)17-9-11-19(12-10-17)26-18-7-5-4-6-8-18/h4-13H,14-15H2,1-3H3. The van der Waals surface area contributed by atoms with Gasteiger partial charge in [0.2, 0.25) is 0 Å². The summed E-state index contributed by atoms with van der Waals surface area (Å²) in [6.07, 6.45) is 1.53. The molecule has 1 aliphatic rings. The van der Waals surface area contributed by atoms with Crippen molar-refractivity contribution in [3.8, 4) is 17.2 Å². The fraction of sp³-hybridized carbons (Fsp3) is 0.261. The number of rotatable bonds is 3. The molecule has 0 fully saturated rings. The molecule has 0 N–H and O–H groups in total. The molecule has 0 amide bonds. The highest BCUT2D eigenvalue weighted by Gasteiger charge is 2.34. The molecular weight excluding hydrogens is 322 g/mol. The molecule has 1 aliphatic carbocycles. The van der Waals surface area contributed by atoms with E-state index >= 15 is 0 Å². The van der Waals surface area contributed by atoms with E-state index in [0.717, 1.165) is 40.6 Å². The Balaban J connectivity index is 1.68. The van der Waals surface area contributed by atoms with Crippen LogP contribution in [-0.4, -0.2) is 10.4 Å². The lowest BCUT2D eigenvalue weighted by atomic mass is 9.76. The van der Waals surface area contributed by atoms with E-state index in [1.807, 2.05) is 48.5 Å². The number of Topliss-reactive ketones (excluding diaryl/α,β-unsaturated/α-hetero) is 1. The van der Waals surface area contributed by atoms with Crippen molar-refractivity contribution in [2.45, 2.75) is 33.6 Å². The first-order valence-electron chi connectivity index (χ1n) is 9.01. The Hall–Kier alpha value is -2.81. The highest BCUT2D eigenvalue weighted by Crippen LogP contribution is 2.37. The molecule has 3 heteroatoms. The van der Waals surface area contributed by atoms with Crippen LogP contribution in [0.1, 0.15) is 42.0 Å². The summed E-state index contributed by atoms with van der Waals surface area (Å²) in [5.74, 6) is 1.87. The van der Waals surface area contributed by atoms with Gasteiger partial charge >= 0.3 is 0 Å². The molecule has 2 aromatic carbocycles. The molecule has 0 bridgehead atoms. The van der Waals surface area contributed by atoms with Crippen molar-refractivity contribution in [3.63, 3.8) is 0 Å². The molecule has 3 nitrogen and oxygen atoms in total. The minimum atomic E-state index is 0.00296. The lowest BCUT2D eigenvalue weighted by Crippen LogP contribution is -2.27. The lowest BCUT2D eigenvalue weighted by Gasteiger charge is -2.29. The summed E-state index contributed by atoms with van der Waals surface area (Å²) in [6, 6.07) is 19.8. The number of aromatic nitrogens is 1. The average Bonchev–Trinajstić information content (AvgIpc) is 2.92. The van der Waals surface area contributed by atoms with E-state index in [4.69, 9.17) is 4.74 Å². The Bertz CT molecular complexity index is 950. The van der Waals surface area contributed by atoms with Crippen LogP contribution in [0.5, 0.6) is 11.5 Å². The zero-order valence-corrected chi connectivity index (χ0v) is 15.5. The largest absolute Gasteiger partial charge is 0.457 e. The van der Waals surface area contributed by atoms with Gasteiger partial charge < -0.3 is 9.30 Å². The van der Waals surface area contributed by atoms with Gasteiger partial charge in [-0.1, -0.05) is 32.0 Å². The van der Waals surface area contributed by atoms with Gasteiger partial charge in [0, 0.05) is 29.1 Å². The molecule has 0 radical (unpaired) electrons. The Morgan fingerprint density at radius 3 is 2.27 bits per heavy atom. The van der Waals surface area contributed by atoms with E-state index in [1.165, 1.54) is 0 Å². The first-order valence-corrected chi connectivity index (χ1v) is 9.01. The summed E-state index contributed by atoms with van der Waals surface area (Å²) in [7, 11) is 0. The second-order valence-corrected chi connectivity index (χ2v) is 7.83. The van der Waals surface area contributed by atoms with Gasteiger partial charge in [0.15, 0.2) is 5.78 Å². The number of ether oxygens (including phenoxy) is 1. The third-order valence-corrected chi connectivity index (χ3v) is 4.95. The van der Waals surface area contributed by atoms with E-state index in [1.54, 1.807) is 0 Å². The van der Waals surface area contributed by atoms with Crippen LogP contribution >= 0.6 is 0 Å². The summed E-state index contributed by atoms with van der Waals surface area (Å²) in [4.78, 5) is 12.5. The molecule has 0 unspecified atom stereocenters. The third kappa shape index (κ3) is 3.05. The van der Waals surface area contributed by atoms with Crippen molar-refractivity contribution in [2.24, 2.45) is 5.41 Å². The van der Waals surface area contributed by atoms with Crippen molar-refractivity contribution in [1.29, 1.82) is 0 Å². The van der Waals surface area contributed by atoms with Gasteiger partial charge in [-0.3, -0.25) is 4.79 Å². The predicted octanol–water partition coefficient (Wildman–Crippen LogP) is 5.73. The quantitative estimate of drug-likeness (QED) is 0.607. The van der Waals surface area contributed by atoms with Crippen molar-refractivity contribution >= 4 is 5.78 Å². The number of hydrogen-bond donors (Lipinski definition) is 0. The molecule has 26 heavy (non-hydrogen) atoms. The van der Waals surface area contributed by atoms with E-state index < -0.39 is 0 Å². The van der Waals surface area contributed by atoms with Crippen molar-refractivity contribution in [2.75, 3.05) is 0 Å². The van der Waals surface area contributed by atoms with Crippen LogP contribution in [0.4, 0.5) is 0 Å². The predicted molar refractivity (Wildman–Crippen MR) is 103 cm³/mol. The smallest absolute Gasteiger partial charge is 0.165 e. The number of carbonyl (C=O) groups excluding carboxylic acids is 1. The molecule has 132 valence electrons. The first-order chi connectivity index (χ1) is 12.4. The Kier molecular flexibility index (Phi) is 3.95. The first kappa shape index (κ1) is 16.6. The summed E-state index contributed by atoms with van der Waals surface area (Å²) in [5.41, 5.74) is 4.17. The summed E-state index contributed by atoms with van der Waals surface area (Å²) >= 11 is 0. The number of hydrogen-bond acceptors (Lipinski definition) is 2. The molecule has 4 rings (SSSR count). The van der Waals surface area contributed by atoms with Gasteiger partial charge in [-0.2, -0.15) is 0 Å². The minimum Gasteiger partial charge on any atom is -0.457 e.